The molecule has 0 radical (unpaired) electrons. The fourth-order valence-corrected chi connectivity index (χ4v) is 2.82. The van der Waals surface area contributed by atoms with Gasteiger partial charge >= 0.3 is 0 Å². The van der Waals surface area contributed by atoms with Gasteiger partial charge in [0.1, 0.15) is 16.2 Å². The second-order valence-corrected chi connectivity index (χ2v) is 5.88. The van der Waals surface area contributed by atoms with E-state index in [-0.39, 0.29) is 0 Å². The average molecular weight is 293 g/mol. The molecular weight excluding hydrogens is 282 g/mol. The zero-order valence-electron chi connectivity index (χ0n) is 11.3. The largest absolute Gasteiger partial charge is 0.456 e. The first-order valence-corrected chi connectivity index (χ1v) is 7.37. The number of hydrogen-bond acceptors (Lipinski definition) is 5. The molecule has 2 aromatic carbocycles. The maximum Gasteiger partial charge on any atom is 0.231 e. The molecule has 0 saturated heterocycles. The second-order valence-electron chi connectivity index (χ2n) is 4.72. The molecule has 0 aliphatic rings. The molecule has 0 aliphatic carbocycles. The summed E-state index contributed by atoms with van der Waals surface area (Å²) in [6.07, 6.45) is 1.81. The molecule has 0 fully saturated rings. The Morgan fingerprint density at radius 3 is 2.76 bits per heavy atom. The summed E-state index contributed by atoms with van der Waals surface area (Å²) < 4.78 is 5.81. The number of hydrogen-bond donors (Lipinski definition) is 0. The molecule has 0 N–H and O–H groups in total. The van der Waals surface area contributed by atoms with E-state index in [1.54, 1.807) is 6.21 Å². The van der Waals surface area contributed by atoms with Crippen LogP contribution in [0.5, 0.6) is 0 Å². The molecule has 0 aliphatic heterocycles. The van der Waals surface area contributed by atoms with E-state index in [2.05, 4.69) is 27.3 Å². The number of aliphatic imine (C=N–C) groups is 1. The fourth-order valence-electron chi connectivity index (χ4n) is 2.29. The van der Waals surface area contributed by atoms with E-state index in [0.29, 0.717) is 5.13 Å². The summed E-state index contributed by atoms with van der Waals surface area (Å²) in [6.45, 7) is 1.92. The Hall–Kier alpha value is -2.53. The van der Waals surface area contributed by atoms with Crippen molar-refractivity contribution in [2.45, 2.75) is 6.92 Å². The Labute approximate surface area is 124 Å². The SMILES string of the molecule is Cc1nnc(/N=C\c2ccc3oc4ccccc4c3c2)s1. The van der Waals surface area contributed by atoms with E-state index < -0.39 is 0 Å². The van der Waals surface area contributed by atoms with E-state index in [1.807, 2.05) is 37.3 Å². The first kappa shape index (κ1) is 12.2. The lowest BCUT2D eigenvalue weighted by Gasteiger charge is -1.93. The third kappa shape index (κ3) is 2.21. The number of fused-ring (bicyclic) bond motifs is 3. The van der Waals surface area contributed by atoms with Crippen molar-refractivity contribution in [3.8, 4) is 0 Å². The highest BCUT2D eigenvalue weighted by Crippen LogP contribution is 2.29. The lowest BCUT2D eigenvalue weighted by molar-refractivity contribution is 0.669. The van der Waals surface area contributed by atoms with Crippen LogP contribution in [0.3, 0.4) is 0 Å². The summed E-state index contributed by atoms with van der Waals surface area (Å²) in [5, 5.41) is 11.7. The number of para-hydroxylation sites is 1. The minimum Gasteiger partial charge on any atom is -0.456 e. The van der Waals surface area contributed by atoms with Crippen molar-refractivity contribution in [2.75, 3.05) is 0 Å². The number of rotatable bonds is 2. The fraction of sp³-hybridized carbons (Fsp3) is 0.0625. The van der Waals surface area contributed by atoms with Gasteiger partial charge in [0, 0.05) is 17.0 Å². The van der Waals surface area contributed by atoms with Crippen LogP contribution in [-0.2, 0) is 0 Å². The van der Waals surface area contributed by atoms with Gasteiger partial charge in [0.05, 0.1) is 0 Å². The topological polar surface area (TPSA) is 51.3 Å². The minimum absolute atomic E-state index is 0.671. The molecule has 21 heavy (non-hydrogen) atoms. The third-order valence-corrected chi connectivity index (χ3v) is 3.99. The number of nitrogens with zero attached hydrogens (tertiary/aromatic N) is 3. The first-order valence-electron chi connectivity index (χ1n) is 6.55. The van der Waals surface area contributed by atoms with Gasteiger partial charge in [-0.2, -0.15) is 0 Å². The van der Waals surface area contributed by atoms with Crippen LogP contribution in [0.25, 0.3) is 21.9 Å². The molecule has 0 amide bonds. The number of aromatic nitrogens is 2. The molecule has 0 saturated carbocycles. The Balaban J connectivity index is 1.79. The van der Waals surface area contributed by atoms with Gasteiger partial charge in [0.25, 0.3) is 0 Å². The molecular formula is C16H11N3OS. The maximum atomic E-state index is 5.81. The maximum absolute atomic E-state index is 5.81. The van der Waals surface area contributed by atoms with E-state index in [9.17, 15) is 0 Å². The molecule has 2 aromatic heterocycles. The van der Waals surface area contributed by atoms with Crippen molar-refractivity contribution < 1.29 is 4.42 Å². The molecule has 4 aromatic rings. The molecule has 5 heteroatoms. The van der Waals surface area contributed by atoms with Crippen molar-refractivity contribution in [3.05, 3.63) is 53.0 Å². The second kappa shape index (κ2) is 4.79. The summed E-state index contributed by atoms with van der Waals surface area (Å²) in [5.41, 5.74) is 2.81. The van der Waals surface area contributed by atoms with Crippen molar-refractivity contribution in [3.63, 3.8) is 0 Å². The van der Waals surface area contributed by atoms with Gasteiger partial charge in [-0.05, 0) is 36.8 Å². The quantitative estimate of drug-likeness (QED) is 0.511. The van der Waals surface area contributed by atoms with Gasteiger partial charge in [-0.15, -0.1) is 10.2 Å². The third-order valence-electron chi connectivity index (χ3n) is 3.24. The van der Waals surface area contributed by atoms with Crippen molar-refractivity contribution in [1.82, 2.24) is 10.2 Å². The van der Waals surface area contributed by atoms with E-state index in [4.69, 9.17) is 4.42 Å². The summed E-state index contributed by atoms with van der Waals surface area (Å²) >= 11 is 1.48. The summed E-state index contributed by atoms with van der Waals surface area (Å²) in [4.78, 5) is 4.36. The highest BCUT2D eigenvalue weighted by molar-refractivity contribution is 7.14. The van der Waals surface area contributed by atoms with E-state index in [1.165, 1.54) is 11.3 Å². The summed E-state index contributed by atoms with van der Waals surface area (Å²) in [7, 11) is 0. The first-order chi connectivity index (χ1) is 10.3. The van der Waals surface area contributed by atoms with Crippen LogP contribution in [0.1, 0.15) is 10.6 Å². The van der Waals surface area contributed by atoms with Crippen LogP contribution in [0.2, 0.25) is 0 Å². The summed E-state index contributed by atoms with van der Waals surface area (Å²) in [6, 6.07) is 14.1. The van der Waals surface area contributed by atoms with Crippen molar-refractivity contribution >= 4 is 44.6 Å². The van der Waals surface area contributed by atoms with Gasteiger partial charge in [-0.3, -0.25) is 0 Å². The Morgan fingerprint density at radius 2 is 1.90 bits per heavy atom. The highest BCUT2D eigenvalue weighted by atomic mass is 32.1. The van der Waals surface area contributed by atoms with Crippen LogP contribution in [-0.4, -0.2) is 16.4 Å². The number of benzene rings is 2. The Morgan fingerprint density at radius 1 is 1.05 bits per heavy atom. The van der Waals surface area contributed by atoms with Gasteiger partial charge in [-0.1, -0.05) is 29.5 Å². The van der Waals surface area contributed by atoms with Crippen LogP contribution >= 0.6 is 11.3 Å². The molecule has 4 rings (SSSR count). The highest BCUT2D eigenvalue weighted by Gasteiger charge is 2.06. The van der Waals surface area contributed by atoms with Gasteiger partial charge in [-0.25, -0.2) is 4.99 Å². The van der Waals surface area contributed by atoms with Gasteiger partial charge in [0.15, 0.2) is 0 Å². The molecule has 2 heterocycles. The predicted octanol–water partition coefficient (Wildman–Crippen LogP) is 4.50. The van der Waals surface area contributed by atoms with Crippen LogP contribution in [0.15, 0.2) is 51.9 Å². The predicted molar refractivity (Wildman–Crippen MR) is 85.6 cm³/mol. The monoisotopic (exact) mass is 293 g/mol. The molecule has 102 valence electrons. The van der Waals surface area contributed by atoms with Crippen molar-refractivity contribution in [2.24, 2.45) is 4.99 Å². The molecule has 0 bridgehead atoms. The summed E-state index contributed by atoms with van der Waals surface area (Å²) in [5.74, 6) is 0. The Kier molecular flexibility index (Phi) is 2.79. The minimum atomic E-state index is 0.671. The van der Waals surface area contributed by atoms with Crippen molar-refractivity contribution in [1.29, 1.82) is 0 Å². The zero-order chi connectivity index (χ0) is 14.2. The van der Waals surface area contributed by atoms with Crippen LogP contribution in [0.4, 0.5) is 5.13 Å². The Bertz CT molecular complexity index is 968. The molecule has 4 nitrogen and oxygen atoms in total. The molecule has 0 unspecified atom stereocenters. The average Bonchev–Trinajstić information content (AvgIpc) is 3.08. The lowest BCUT2D eigenvalue weighted by atomic mass is 10.1. The molecule has 0 spiro atoms. The van der Waals surface area contributed by atoms with Crippen LogP contribution in [0, 0.1) is 6.92 Å². The van der Waals surface area contributed by atoms with Gasteiger partial charge < -0.3 is 4.42 Å². The zero-order valence-corrected chi connectivity index (χ0v) is 12.1. The number of aryl methyl sites for hydroxylation is 1. The van der Waals surface area contributed by atoms with E-state index >= 15 is 0 Å². The standard InChI is InChI=1S/C16H11N3OS/c1-10-18-19-16(21-10)17-9-11-6-7-15-13(8-11)12-4-2-3-5-14(12)20-15/h2-9H,1H3/b17-9-. The van der Waals surface area contributed by atoms with Gasteiger partial charge in [0.2, 0.25) is 5.13 Å². The normalized spacial score (nSPS) is 11.9. The lowest BCUT2D eigenvalue weighted by Crippen LogP contribution is -1.79. The number of furan rings is 1. The van der Waals surface area contributed by atoms with Crippen LogP contribution < -0.4 is 0 Å². The molecule has 0 atom stereocenters. The van der Waals surface area contributed by atoms with E-state index in [0.717, 1.165) is 32.5 Å². The smallest absolute Gasteiger partial charge is 0.231 e.